The number of hydrogen-bond acceptors (Lipinski definition) is 5. The first-order chi connectivity index (χ1) is 13.3. The lowest BCUT2D eigenvalue weighted by molar-refractivity contribution is -0.113. The number of thioether (sulfide) groups is 1. The highest BCUT2D eigenvalue weighted by Gasteiger charge is 2.21. The van der Waals surface area contributed by atoms with E-state index in [1.165, 1.54) is 28.6 Å². The quantitative estimate of drug-likeness (QED) is 0.390. The molecule has 27 heavy (non-hydrogen) atoms. The van der Waals surface area contributed by atoms with Crippen LogP contribution in [0.3, 0.4) is 0 Å². The summed E-state index contributed by atoms with van der Waals surface area (Å²) in [5, 5.41) is 7.31. The van der Waals surface area contributed by atoms with E-state index in [9.17, 15) is 4.79 Å². The maximum Gasteiger partial charge on any atom is 0.234 e. The molecule has 1 aliphatic carbocycles. The summed E-state index contributed by atoms with van der Waals surface area (Å²) in [7, 11) is 0. The van der Waals surface area contributed by atoms with Crippen LogP contribution in [-0.4, -0.2) is 21.6 Å². The third-order valence-electron chi connectivity index (χ3n) is 4.87. The molecule has 0 bridgehead atoms. The highest BCUT2D eigenvalue weighted by molar-refractivity contribution is 8.00. The second-order valence-corrected chi connectivity index (χ2v) is 8.63. The van der Waals surface area contributed by atoms with Crippen molar-refractivity contribution in [3.63, 3.8) is 0 Å². The number of rotatable bonds is 4. The van der Waals surface area contributed by atoms with Crippen LogP contribution in [0, 0.1) is 0 Å². The Kier molecular flexibility index (Phi) is 4.30. The van der Waals surface area contributed by atoms with Gasteiger partial charge in [0.25, 0.3) is 0 Å². The van der Waals surface area contributed by atoms with Gasteiger partial charge in [-0.1, -0.05) is 48.2 Å². The number of fused-ring (bicyclic) bond motifs is 4. The maximum absolute atomic E-state index is 12.6. The lowest BCUT2D eigenvalue weighted by Crippen LogP contribution is -2.14. The van der Waals surface area contributed by atoms with E-state index in [0.29, 0.717) is 5.75 Å². The van der Waals surface area contributed by atoms with E-state index in [-0.39, 0.29) is 5.91 Å². The van der Waals surface area contributed by atoms with Gasteiger partial charge in [0, 0.05) is 21.3 Å². The summed E-state index contributed by atoms with van der Waals surface area (Å²) in [4.78, 5) is 23.9. The zero-order valence-electron chi connectivity index (χ0n) is 14.6. The Morgan fingerprint density at radius 2 is 2.00 bits per heavy atom. The van der Waals surface area contributed by atoms with Gasteiger partial charge in [0.2, 0.25) is 5.91 Å². The molecule has 0 atom stereocenters. The van der Waals surface area contributed by atoms with Gasteiger partial charge in [0.05, 0.1) is 5.75 Å². The van der Waals surface area contributed by atoms with Crippen molar-refractivity contribution in [2.75, 3.05) is 11.1 Å². The molecule has 0 radical (unpaired) electrons. The Labute approximate surface area is 165 Å². The van der Waals surface area contributed by atoms with Gasteiger partial charge in [-0.05, 0) is 36.3 Å². The van der Waals surface area contributed by atoms with Gasteiger partial charge in [-0.25, -0.2) is 9.97 Å². The van der Waals surface area contributed by atoms with Crippen molar-refractivity contribution in [1.82, 2.24) is 9.97 Å². The van der Waals surface area contributed by atoms with Crippen molar-refractivity contribution < 1.29 is 4.79 Å². The Bertz CT molecular complexity index is 1160. The molecule has 0 fully saturated rings. The number of benzene rings is 2. The standard InChI is InChI=1S/C21H17N3OS2/c25-18(24-16-9-3-6-13-5-1-2-7-14(13)16)11-26-20-19-15-8-4-10-17(15)27-21(19)23-12-22-20/h1-3,5-7,9,12H,4,8,10-11H2,(H,24,25). The van der Waals surface area contributed by atoms with Crippen LogP contribution in [0.15, 0.2) is 53.8 Å². The number of anilines is 1. The molecule has 2 heterocycles. The Balaban J connectivity index is 1.36. The van der Waals surface area contributed by atoms with Gasteiger partial charge in [0.1, 0.15) is 16.2 Å². The normalized spacial score (nSPS) is 13.2. The van der Waals surface area contributed by atoms with E-state index in [2.05, 4.69) is 27.4 Å². The van der Waals surface area contributed by atoms with Crippen molar-refractivity contribution in [1.29, 1.82) is 0 Å². The van der Waals surface area contributed by atoms with Gasteiger partial charge >= 0.3 is 0 Å². The molecule has 5 rings (SSSR count). The molecule has 2 aromatic carbocycles. The number of nitrogens with one attached hydrogen (secondary N) is 1. The van der Waals surface area contributed by atoms with Crippen LogP contribution in [0.4, 0.5) is 5.69 Å². The number of nitrogens with zero attached hydrogens (tertiary/aromatic N) is 2. The summed E-state index contributed by atoms with van der Waals surface area (Å²) >= 11 is 3.27. The van der Waals surface area contributed by atoms with E-state index in [0.717, 1.165) is 44.5 Å². The molecular formula is C21H17N3OS2. The molecule has 4 aromatic rings. The number of aryl methyl sites for hydroxylation is 2. The summed E-state index contributed by atoms with van der Waals surface area (Å²) in [5.74, 6) is 0.315. The number of hydrogen-bond donors (Lipinski definition) is 1. The largest absolute Gasteiger partial charge is 0.325 e. The van der Waals surface area contributed by atoms with E-state index in [1.807, 2.05) is 30.3 Å². The lowest BCUT2D eigenvalue weighted by Gasteiger charge is -2.09. The molecule has 0 aliphatic heterocycles. The first-order valence-corrected chi connectivity index (χ1v) is 10.8. The number of aromatic nitrogens is 2. The van der Waals surface area contributed by atoms with Crippen molar-refractivity contribution in [2.45, 2.75) is 24.3 Å². The fourth-order valence-corrected chi connectivity index (χ4v) is 5.78. The van der Waals surface area contributed by atoms with Gasteiger partial charge in [0.15, 0.2) is 0 Å². The molecular weight excluding hydrogens is 374 g/mol. The number of carbonyl (C=O) groups is 1. The van der Waals surface area contributed by atoms with Crippen LogP contribution in [0.2, 0.25) is 0 Å². The maximum atomic E-state index is 12.6. The molecule has 0 unspecified atom stereocenters. The molecule has 2 aromatic heterocycles. The molecule has 0 saturated carbocycles. The summed E-state index contributed by atoms with van der Waals surface area (Å²) in [5.41, 5.74) is 2.25. The van der Waals surface area contributed by atoms with Gasteiger partial charge in [-0.2, -0.15) is 0 Å². The highest BCUT2D eigenvalue weighted by Crippen LogP contribution is 2.40. The van der Waals surface area contributed by atoms with Crippen LogP contribution in [0.1, 0.15) is 16.9 Å². The second kappa shape index (κ2) is 6.94. The highest BCUT2D eigenvalue weighted by atomic mass is 32.2. The van der Waals surface area contributed by atoms with Gasteiger partial charge < -0.3 is 5.32 Å². The van der Waals surface area contributed by atoms with Gasteiger partial charge in [-0.3, -0.25) is 4.79 Å². The van der Waals surface area contributed by atoms with E-state index >= 15 is 0 Å². The average molecular weight is 392 g/mol. The van der Waals surface area contributed by atoms with E-state index in [4.69, 9.17) is 0 Å². The summed E-state index contributed by atoms with van der Waals surface area (Å²) in [6, 6.07) is 14.0. The molecule has 6 heteroatoms. The van der Waals surface area contributed by atoms with Crippen LogP contribution in [0.5, 0.6) is 0 Å². The minimum Gasteiger partial charge on any atom is -0.325 e. The molecule has 1 N–H and O–H groups in total. The SMILES string of the molecule is O=C(CSc1ncnc2sc3c(c12)CCC3)Nc1cccc2ccccc12. The zero-order valence-corrected chi connectivity index (χ0v) is 16.2. The molecule has 4 nitrogen and oxygen atoms in total. The predicted molar refractivity (Wildman–Crippen MR) is 113 cm³/mol. The third kappa shape index (κ3) is 3.09. The van der Waals surface area contributed by atoms with Gasteiger partial charge in [-0.15, -0.1) is 11.3 Å². The fourth-order valence-electron chi connectivity index (χ4n) is 3.66. The second-order valence-electron chi connectivity index (χ2n) is 6.58. The van der Waals surface area contributed by atoms with Crippen LogP contribution >= 0.6 is 23.1 Å². The average Bonchev–Trinajstić information content (AvgIpc) is 3.28. The van der Waals surface area contributed by atoms with E-state index < -0.39 is 0 Å². The van der Waals surface area contributed by atoms with Crippen LogP contribution < -0.4 is 5.32 Å². The molecule has 134 valence electrons. The summed E-state index contributed by atoms with van der Waals surface area (Å²) in [6.07, 6.45) is 5.05. The van der Waals surface area contributed by atoms with Crippen molar-refractivity contribution in [2.24, 2.45) is 0 Å². The minimum absolute atomic E-state index is 0.0185. The Hall–Kier alpha value is -2.44. The first kappa shape index (κ1) is 16.7. The Morgan fingerprint density at radius 1 is 1.11 bits per heavy atom. The number of carbonyl (C=O) groups excluding carboxylic acids is 1. The molecule has 1 amide bonds. The smallest absolute Gasteiger partial charge is 0.234 e. The summed E-state index contributed by atoms with van der Waals surface area (Å²) < 4.78 is 0. The predicted octanol–water partition coefficient (Wildman–Crippen LogP) is 5.06. The number of amides is 1. The first-order valence-electron chi connectivity index (χ1n) is 8.95. The number of thiophene rings is 1. The molecule has 0 spiro atoms. The van der Waals surface area contributed by atoms with Crippen molar-refractivity contribution >= 4 is 55.7 Å². The van der Waals surface area contributed by atoms with Crippen LogP contribution in [0.25, 0.3) is 21.0 Å². The lowest BCUT2D eigenvalue weighted by atomic mass is 10.1. The fraction of sp³-hybridized carbons (Fsp3) is 0.190. The van der Waals surface area contributed by atoms with E-state index in [1.54, 1.807) is 17.7 Å². The van der Waals surface area contributed by atoms with Crippen molar-refractivity contribution in [3.8, 4) is 0 Å². The minimum atomic E-state index is -0.0185. The zero-order chi connectivity index (χ0) is 18.2. The van der Waals surface area contributed by atoms with Crippen molar-refractivity contribution in [3.05, 3.63) is 59.2 Å². The van der Waals surface area contributed by atoms with Crippen LogP contribution in [-0.2, 0) is 17.6 Å². The monoisotopic (exact) mass is 391 g/mol. The third-order valence-corrected chi connectivity index (χ3v) is 7.06. The Morgan fingerprint density at radius 3 is 2.96 bits per heavy atom. The summed E-state index contributed by atoms with van der Waals surface area (Å²) in [6.45, 7) is 0. The topological polar surface area (TPSA) is 54.9 Å². The molecule has 0 saturated heterocycles. The molecule has 1 aliphatic rings.